The van der Waals surface area contributed by atoms with Crippen molar-refractivity contribution in [2.75, 3.05) is 18.8 Å². The van der Waals surface area contributed by atoms with E-state index in [9.17, 15) is 13.2 Å². The summed E-state index contributed by atoms with van der Waals surface area (Å²) in [5.74, 6) is -0.326. The van der Waals surface area contributed by atoms with Crippen LogP contribution in [0.2, 0.25) is 0 Å². The van der Waals surface area contributed by atoms with Crippen molar-refractivity contribution in [3.63, 3.8) is 0 Å². The highest BCUT2D eigenvalue weighted by Gasteiger charge is 2.30. The van der Waals surface area contributed by atoms with Gasteiger partial charge in [0.05, 0.1) is 5.56 Å². The summed E-state index contributed by atoms with van der Waals surface area (Å²) in [6.45, 7) is 2.95. The Kier molecular flexibility index (Phi) is 4.00. The van der Waals surface area contributed by atoms with Crippen molar-refractivity contribution in [3.05, 3.63) is 17.0 Å². The first-order valence-electron chi connectivity index (χ1n) is 5.35. The van der Waals surface area contributed by atoms with Crippen LogP contribution in [0.25, 0.3) is 0 Å². The monoisotopic (exact) mass is 307 g/mol. The van der Waals surface area contributed by atoms with E-state index in [1.165, 1.54) is 15.8 Å². The second-order valence-corrected chi connectivity index (χ2v) is 8.63. The number of carboxylic acids is 1. The van der Waals surface area contributed by atoms with Gasteiger partial charge in [0.15, 0.2) is 0 Å². The van der Waals surface area contributed by atoms with E-state index in [-0.39, 0.29) is 15.0 Å². The van der Waals surface area contributed by atoms with Crippen molar-refractivity contribution < 1.29 is 18.3 Å². The quantitative estimate of drug-likeness (QED) is 0.917. The van der Waals surface area contributed by atoms with Crippen LogP contribution in [0.5, 0.6) is 0 Å². The summed E-state index contributed by atoms with van der Waals surface area (Å²) in [5, 5.41) is 10.4. The van der Waals surface area contributed by atoms with Crippen molar-refractivity contribution in [3.8, 4) is 0 Å². The Morgan fingerprint density at radius 2 is 2.28 bits per heavy atom. The first-order valence-corrected chi connectivity index (χ1v) is 8.71. The van der Waals surface area contributed by atoms with Gasteiger partial charge in [0.2, 0.25) is 0 Å². The Bertz CT molecular complexity index is 551. The molecule has 0 amide bonds. The standard InChI is InChI=1S/C10H13NO4S3/c1-7-5-11(2-3-16-7)18(14,15)9-4-8(6-17-9)10(12)13/h4,6-7H,2-3,5H2,1H3,(H,12,13). The van der Waals surface area contributed by atoms with Crippen molar-refractivity contribution >= 4 is 39.1 Å². The van der Waals surface area contributed by atoms with E-state index in [1.807, 2.05) is 6.92 Å². The third kappa shape index (κ3) is 2.71. The maximum absolute atomic E-state index is 12.3. The summed E-state index contributed by atoms with van der Waals surface area (Å²) in [4.78, 5) is 10.8. The Hall–Kier alpha value is -0.570. The molecule has 0 spiro atoms. The average molecular weight is 307 g/mol. The Balaban J connectivity index is 2.26. The van der Waals surface area contributed by atoms with Crippen LogP contribution in [0.1, 0.15) is 17.3 Å². The number of hydrogen-bond acceptors (Lipinski definition) is 5. The molecule has 0 aromatic carbocycles. The predicted molar refractivity (Wildman–Crippen MR) is 72.0 cm³/mol. The van der Waals surface area contributed by atoms with Crippen molar-refractivity contribution in [2.24, 2.45) is 0 Å². The van der Waals surface area contributed by atoms with Gasteiger partial charge in [-0.1, -0.05) is 6.92 Å². The lowest BCUT2D eigenvalue weighted by Gasteiger charge is -2.29. The summed E-state index contributed by atoms with van der Waals surface area (Å²) in [6.07, 6.45) is 0. The van der Waals surface area contributed by atoms with Gasteiger partial charge in [-0.15, -0.1) is 11.3 Å². The summed E-state index contributed by atoms with van der Waals surface area (Å²) in [5.41, 5.74) is 0.0259. The van der Waals surface area contributed by atoms with Gasteiger partial charge in [-0.2, -0.15) is 16.1 Å². The third-order valence-electron chi connectivity index (χ3n) is 2.62. The molecule has 18 heavy (non-hydrogen) atoms. The van der Waals surface area contributed by atoms with Crippen LogP contribution in [0.3, 0.4) is 0 Å². The second kappa shape index (κ2) is 5.20. The fourth-order valence-electron chi connectivity index (χ4n) is 1.70. The van der Waals surface area contributed by atoms with Gasteiger partial charge in [-0.05, 0) is 6.07 Å². The summed E-state index contributed by atoms with van der Waals surface area (Å²) >= 11 is 2.71. The number of thioether (sulfide) groups is 1. The number of aromatic carboxylic acids is 1. The predicted octanol–water partition coefficient (Wildman–Crippen LogP) is 1.57. The zero-order valence-electron chi connectivity index (χ0n) is 9.70. The number of thiophene rings is 1. The lowest BCUT2D eigenvalue weighted by Crippen LogP contribution is -2.40. The molecule has 1 unspecified atom stereocenters. The van der Waals surface area contributed by atoms with Crippen LogP contribution in [0.4, 0.5) is 0 Å². The highest BCUT2D eigenvalue weighted by atomic mass is 32.2. The summed E-state index contributed by atoms with van der Waals surface area (Å²) in [7, 11) is -3.53. The number of carbonyl (C=O) groups is 1. The average Bonchev–Trinajstić information content (AvgIpc) is 2.79. The van der Waals surface area contributed by atoms with E-state index < -0.39 is 16.0 Å². The molecule has 100 valence electrons. The number of hydrogen-bond donors (Lipinski definition) is 1. The fraction of sp³-hybridized carbons (Fsp3) is 0.500. The first-order chi connectivity index (χ1) is 8.41. The van der Waals surface area contributed by atoms with E-state index in [2.05, 4.69) is 0 Å². The van der Waals surface area contributed by atoms with E-state index in [0.717, 1.165) is 17.1 Å². The minimum atomic E-state index is -3.53. The molecule has 1 aliphatic heterocycles. The highest BCUT2D eigenvalue weighted by Crippen LogP contribution is 2.28. The van der Waals surface area contributed by atoms with Crippen molar-refractivity contribution in [1.29, 1.82) is 0 Å². The molecule has 2 rings (SSSR count). The van der Waals surface area contributed by atoms with Crippen LogP contribution in [-0.4, -0.2) is 47.9 Å². The summed E-state index contributed by atoms with van der Waals surface area (Å²) < 4.78 is 26.2. The third-order valence-corrected chi connectivity index (χ3v) is 7.04. The van der Waals surface area contributed by atoms with E-state index >= 15 is 0 Å². The first kappa shape index (κ1) is 13.9. The fourth-order valence-corrected chi connectivity index (χ4v) is 5.76. The molecule has 1 atom stereocenters. The highest BCUT2D eigenvalue weighted by molar-refractivity contribution is 8.00. The molecule has 1 fully saturated rings. The van der Waals surface area contributed by atoms with Crippen molar-refractivity contribution in [1.82, 2.24) is 4.31 Å². The van der Waals surface area contributed by atoms with Crippen molar-refractivity contribution in [2.45, 2.75) is 16.4 Å². The maximum Gasteiger partial charge on any atom is 0.336 e. The molecule has 0 radical (unpaired) electrons. The molecule has 1 aromatic heterocycles. The smallest absolute Gasteiger partial charge is 0.336 e. The Morgan fingerprint density at radius 3 is 2.83 bits per heavy atom. The van der Waals surface area contributed by atoms with Gasteiger partial charge in [0.1, 0.15) is 4.21 Å². The van der Waals surface area contributed by atoms with E-state index in [0.29, 0.717) is 13.1 Å². The van der Waals surface area contributed by atoms with Crippen LogP contribution in [-0.2, 0) is 10.0 Å². The minimum Gasteiger partial charge on any atom is -0.478 e. The molecular formula is C10H13NO4S3. The van der Waals surface area contributed by atoms with Gasteiger partial charge >= 0.3 is 5.97 Å². The number of sulfonamides is 1. The molecule has 0 aliphatic carbocycles. The number of nitrogens with zero attached hydrogens (tertiary/aromatic N) is 1. The number of carboxylic acid groups (broad SMARTS) is 1. The lowest BCUT2D eigenvalue weighted by atomic mass is 10.4. The van der Waals surface area contributed by atoms with E-state index in [4.69, 9.17) is 5.11 Å². The van der Waals surface area contributed by atoms with E-state index in [1.54, 1.807) is 11.8 Å². The van der Waals surface area contributed by atoms with Crippen LogP contribution >= 0.6 is 23.1 Å². The molecule has 1 aromatic rings. The number of rotatable bonds is 3. The maximum atomic E-state index is 12.3. The molecule has 1 N–H and O–H groups in total. The zero-order chi connectivity index (χ0) is 13.3. The van der Waals surface area contributed by atoms with Gasteiger partial charge < -0.3 is 5.11 Å². The van der Waals surface area contributed by atoms with Crippen LogP contribution in [0, 0.1) is 0 Å². The van der Waals surface area contributed by atoms with Crippen LogP contribution < -0.4 is 0 Å². The van der Waals surface area contributed by atoms with Gasteiger partial charge in [0.25, 0.3) is 10.0 Å². The lowest BCUT2D eigenvalue weighted by molar-refractivity contribution is 0.0697. The molecule has 5 nitrogen and oxygen atoms in total. The molecule has 0 bridgehead atoms. The largest absolute Gasteiger partial charge is 0.478 e. The second-order valence-electron chi connectivity index (χ2n) is 4.00. The molecular weight excluding hydrogens is 294 g/mol. The normalized spacial score (nSPS) is 21.9. The summed E-state index contributed by atoms with van der Waals surface area (Å²) in [6, 6.07) is 1.23. The molecule has 0 saturated carbocycles. The topological polar surface area (TPSA) is 74.7 Å². The zero-order valence-corrected chi connectivity index (χ0v) is 12.1. The Labute approximate surface area is 114 Å². The van der Waals surface area contributed by atoms with Gasteiger partial charge in [-0.25, -0.2) is 13.2 Å². The molecule has 1 saturated heterocycles. The Morgan fingerprint density at radius 1 is 1.56 bits per heavy atom. The van der Waals surface area contributed by atoms with Gasteiger partial charge in [-0.3, -0.25) is 0 Å². The van der Waals surface area contributed by atoms with Crippen LogP contribution in [0.15, 0.2) is 15.7 Å². The molecule has 2 heterocycles. The minimum absolute atomic E-state index is 0.0259. The molecule has 1 aliphatic rings. The SMILES string of the molecule is CC1CN(S(=O)(=O)c2cc(C(=O)O)cs2)CCS1. The van der Waals surface area contributed by atoms with Gasteiger partial charge in [0, 0.05) is 29.5 Å². The molecule has 8 heteroatoms.